The van der Waals surface area contributed by atoms with Crippen molar-refractivity contribution in [3.8, 4) is 0 Å². The zero-order valence-corrected chi connectivity index (χ0v) is 38.2. The van der Waals surface area contributed by atoms with E-state index in [0.29, 0.717) is 67.7 Å². The standard InChI is InChI=1S/C48H94N2O5/c1-40(2)28-30-44(42(5)6)38-54-47(51)26-22-18-14-10-12-16-20-24-46(53-37-36-50-34-32-49(9)33-35-50)25-21-17-13-11-15-19-23-27-48(52)55-39-45(43(7)8)31-29-41(3)4/h40-46H,10-39H2,1-9H3. The minimum atomic E-state index is -0.00853. The molecule has 1 heterocycles. The lowest BCUT2D eigenvalue weighted by molar-refractivity contribution is -0.146. The monoisotopic (exact) mass is 779 g/mol. The summed E-state index contributed by atoms with van der Waals surface area (Å²) in [7, 11) is 2.22. The van der Waals surface area contributed by atoms with Gasteiger partial charge in [-0.25, -0.2) is 0 Å². The molecule has 1 rings (SSSR count). The second-order valence-electron chi connectivity index (χ2n) is 19.0. The average molecular weight is 779 g/mol. The Kier molecular flexibility index (Phi) is 31.8. The third-order valence-electron chi connectivity index (χ3n) is 12.2. The molecule has 0 N–H and O–H groups in total. The van der Waals surface area contributed by atoms with Gasteiger partial charge in [0.25, 0.3) is 0 Å². The average Bonchev–Trinajstić information content (AvgIpc) is 3.13. The molecule has 0 radical (unpaired) electrons. The molecule has 0 aliphatic carbocycles. The molecule has 7 heteroatoms. The van der Waals surface area contributed by atoms with Crippen LogP contribution >= 0.6 is 0 Å². The van der Waals surface area contributed by atoms with E-state index in [1.165, 1.54) is 89.9 Å². The van der Waals surface area contributed by atoms with E-state index in [0.717, 1.165) is 77.9 Å². The van der Waals surface area contributed by atoms with Gasteiger partial charge in [0.1, 0.15) is 0 Å². The molecule has 1 aliphatic heterocycles. The Labute approximate surface area is 342 Å². The molecule has 1 fully saturated rings. The van der Waals surface area contributed by atoms with Gasteiger partial charge in [-0.1, -0.05) is 145 Å². The van der Waals surface area contributed by atoms with Crippen molar-refractivity contribution in [1.82, 2.24) is 9.80 Å². The fourth-order valence-electron chi connectivity index (χ4n) is 7.64. The molecule has 1 aliphatic rings. The number of unbranched alkanes of at least 4 members (excludes halogenated alkanes) is 12. The van der Waals surface area contributed by atoms with Crippen LogP contribution in [0.1, 0.15) is 197 Å². The number of carbonyl (C=O) groups is 2. The molecule has 2 unspecified atom stereocenters. The van der Waals surface area contributed by atoms with E-state index in [1.54, 1.807) is 0 Å². The number of hydrogen-bond acceptors (Lipinski definition) is 7. The lowest BCUT2D eigenvalue weighted by atomic mass is 9.89. The minimum absolute atomic E-state index is 0.00853. The summed E-state index contributed by atoms with van der Waals surface area (Å²) in [5.74, 6) is 3.45. The highest BCUT2D eigenvalue weighted by atomic mass is 16.5. The zero-order valence-electron chi connectivity index (χ0n) is 38.2. The number of nitrogens with zero attached hydrogens (tertiary/aromatic N) is 2. The quantitative estimate of drug-likeness (QED) is 0.0463. The van der Waals surface area contributed by atoms with Crippen molar-refractivity contribution in [2.75, 3.05) is 59.6 Å². The summed E-state index contributed by atoms with van der Waals surface area (Å²) in [6, 6.07) is 0. The molecule has 0 aromatic carbocycles. The van der Waals surface area contributed by atoms with Crippen molar-refractivity contribution >= 4 is 11.9 Å². The first-order chi connectivity index (χ1) is 26.4. The summed E-state index contributed by atoms with van der Waals surface area (Å²) >= 11 is 0. The van der Waals surface area contributed by atoms with Crippen LogP contribution in [0.25, 0.3) is 0 Å². The van der Waals surface area contributed by atoms with Crippen molar-refractivity contribution in [2.24, 2.45) is 35.5 Å². The number of hydrogen-bond donors (Lipinski definition) is 0. The Bertz CT molecular complexity index is 843. The number of piperazine rings is 1. The summed E-state index contributed by atoms with van der Waals surface area (Å²) in [5.41, 5.74) is 0. The van der Waals surface area contributed by atoms with Crippen LogP contribution < -0.4 is 0 Å². The summed E-state index contributed by atoms with van der Waals surface area (Å²) in [6.07, 6.45) is 25.2. The van der Waals surface area contributed by atoms with Crippen molar-refractivity contribution in [2.45, 2.75) is 203 Å². The van der Waals surface area contributed by atoms with Gasteiger partial charge < -0.3 is 19.1 Å². The smallest absolute Gasteiger partial charge is 0.305 e. The van der Waals surface area contributed by atoms with E-state index in [1.807, 2.05) is 0 Å². The Balaban J connectivity index is 2.21. The van der Waals surface area contributed by atoms with Gasteiger partial charge in [0.05, 0.1) is 25.9 Å². The van der Waals surface area contributed by atoms with Crippen LogP contribution in [-0.4, -0.2) is 87.4 Å². The minimum Gasteiger partial charge on any atom is -0.465 e. The molecule has 7 nitrogen and oxygen atoms in total. The van der Waals surface area contributed by atoms with E-state index >= 15 is 0 Å². The SMILES string of the molecule is CC(C)CCC(COC(=O)CCCCCCCCCC(CCCCCCCCCC(=O)OCC(CCC(C)C)C(C)C)OCCN1CCN(C)CC1)C(C)C. The van der Waals surface area contributed by atoms with Crippen LogP contribution in [0.15, 0.2) is 0 Å². The molecule has 0 bridgehead atoms. The third-order valence-corrected chi connectivity index (χ3v) is 12.2. The molecular weight excluding hydrogens is 685 g/mol. The molecule has 0 amide bonds. The van der Waals surface area contributed by atoms with Gasteiger partial charge in [-0.05, 0) is 81.1 Å². The van der Waals surface area contributed by atoms with Crippen LogP contribution in [0.3, 0.4) is 0 Å². The number of carbonyl (C=O) groups excluding carboxylic acids is 2. The predicted molar refractivity (Wildman–Crippen MR) is 234 cm³/mol. The van der Waals surface area contributed by atoms with Gasteiger partial charge in [0.15, 0.2) is 0 Å². The number of ether oxygens (including phenoxy) is 3. The van der Waals surface area contributed by atoms with Crippen molar-refractivity contribution in [3.63, 3.8) is 0 Å². The normalized spacial score (nSPS) is 16.0. The zero-order chi connectivity index (χ0) is 40.7. The van der Waals surface area contributed by atoms with E-state index in [-0.39, 0.29) is 11.9 Å². The van der Waals surface area contributed by atoms with Gasteiger partial charge >= 0.3 is 11.9 Å². The third kappa shape index (κ3) is 30.6. The lowest BCUT2D eigenvalue weighted by Gasteiger charge is -2.32. The molecule has 0 aromatic heterocycles. The molecule has 1 saturated heterocycles. The first kappa shape index (κ1) is 51.8. The molecule has 0 aromatic rings. The highest BCUT2D eigenvalue weighted by molar-refractivity contribution is 5.69. The van der Waals surface area contributed by atoms with Gasteiger partial charge in [-0.2, -0.15) is 0 Å². The predicted octanol–water partition coefficient (Wildman–Crippen LogP) is 12.1. The first-order valence-corrected chi connectivity index (χ1v) is 23.7. The van der Waals surface area contributed by atoms with E-state index in [4.69, 9.17) is 14.2 Å². The Morgan fingerprint density at radius 3 is 1.25 bits per heavy atom. The van der Waals surface area contributed by atoms with Crippen LogP contribution in [0.5, 0.6) is 0 Å². The summed E-state index contributed by atoms with van der Waals surface area (Å²) in [4.78, 5) is 29.6. The molecule has 0 spiro atoms. The molecule has 0 saturated carbocycles. The number of esters is 2. The van der Waals surface area contributed by atoms with Crippen molar-refractivity contribution in [3.05, 3.63) is 0 Å². The van der Waals surface area contributed by atoms with Crippen LogP contribution in [0.2, 0.25) is 0 Å². The summed E-state index contributed by atoms with van der Waals surface area (Å²) < 4.78 is 17.9. The number of likely N-dealkylation sites (N-methyl/N-ethyl adjacent to an activating group) is 1. The van der Waals surface area contributed by atoms with Gasteiger partial charge in [-0.15, -0.1) is 0 Å². The Hall–Kier alpha value is -1.18. The maximum atomic E-state index is 12.3. The summed E-state index contributed by atoms with van der Waals surface area (Å²) in [5, 5.41) is 0. The topological polar surface area (TPSA) is 68.3 Å². The van der Waals surface area contributed by atoms with Gasteiger partial charge in [0.2, 0.25) is 0 Å². The van der Waals surface area contributed by atoms with Crippen LogP contribution in [-0.2, 0) is 23.8 Å². The molecule has 326 valence electrons. The second kappa shape index (κ2) is 33.8. The van der Waals surface area contributed by atoms with E-state index < -0.39 is 0 Å². The summed E-state index contributed by atoms with van der Waals surface area (Å²) in [6.45, 7) is 25.7. The Morgan fingerprint density at radius 2 is 0.873 bits per heavy atom. The highest BCUT2D eigenvalue weighted by Crippen LogP contribution is 2.23. The van der Waals surface area contributed by atoms with Gasteiger partial charge in [0, 0.05) is 45.6 Å². The van der Waals surface area contributed by atoms with Crippen molar-refractivity contribution < 1.29 is 23.8 Å². The largest absolute Gasteiger partial charge is 0.465 e. The van der Waals surface area contributed by atoms with Gasteiger partial charge in [-0.3, -0.25) is 14.5 Å². The maximum Gasteiger partial charge on any atom is 0.305 e. The van der Waals surface area contributed by atoms with Crippen molar-refractivity contribution in [1.29, 1.82) is 0 Å². The van der Waals surface area contributed by atoms with Crippen LogP contribution in [0, 0.1) is 35.5 Å². The maximum absolute atomic E-state index is 12.3. The lowest BCUT2D eigenvalue weighted by Crippen LogP contribution is -2.45. The van der Waals surface area contributed by atoms with E-state index in [2.05, 4.69) is 72.2 Å². The Morgan fingerprint density at radius 1 is 0.491 bits per heavy atom. The first-order valence-electron chi connectivity index (χ1n) is 23.7. The highest BCUT2D eigenvalue weighted by Gasteiger charge is 2.18. The fraction of sp³-hybridized carbons (Fsp3) is 0.958. The number of rotatable bonds is 36. The molecule has 55 heavy (non-hydrogen) atoms. The van der Waals surface area contributed by atoms with Crippen LogP contribution in [0.4, 0.5) is 0 Å². The van der Waals surface area contributed by atoms with E-state index in [9.17, 15) is 9.59 Å². The fourth-order valence-corrected chi connectivity index (χ4v) is 7.64. The second-order valence-corrected chi connectivity index (χ2v) is 19.0. The molecular formula is C48H94N2O5. The molecule has 2 atom stereocenters.